The molecule has 0 saturated carbocycles. The lowest BCUT2D eigenvalue weighted by Gasteiger charge is -2.37. The molecule has 0 radical (unpaired) electrons. The number of guanidine groups is 1. The molecule has 0 aliphatic carbocycles. The Bertz CT molecular complexity index is 691. The number of benzene rings is 1. The molecule has 1 saturated heterocycles. The van der Waals surface area contributed by atoms with E-state index < -0.39 is 0 Å². The van der Waals surface area contributed by atoms with Crippen LogP contribution in [0.1, 0.15) is 39.2 Å². The van der Waals surface area contributed by atoms with Gasteiger partial charge in [0.05, 0.1) is 13.1 Å². The Morgan fingerprint density at radius 1 is 1.20 bits per heavy atom. The summed E-state index contributed by atoms with van der Waals surface area (Å²) in [6.45, 7) is 10.5. The van der Waals surface area contributed by atoms with E-state index in [1.807, 2.05) is 55.8 Å². The molecule has 0 aromatic heterocycles. The Morgan fingerprint density at radius 3 is 2.40 bits per heavy atom. The van der Waals surface area contributed by atoms with E-state index in [1.165, 1.54) is 0 Å². The maximum absolute atomic E-state index is 12.5. The van der Waals surface area contributed by atoms with Crippen molar-refractivity contribution in [3.8, 4) is 0 Å². The monoisotopic (exact) mass is 550 g/mol. The van der Waals surface area contributed by atoms with Gasteiger partial charge in [0.2, 0.25) is 5.91 Å². The van der Waals surface area contributed by atoms with Crippen LogP contribution in [0.5, 0.6) is 0 Å². The van der Waals surface area contributed by atoms with Gasteiger partial charge < -0.3 is 19.9 Å². The normalized spacial score (nSPS) is 15.8. The molecule has 1 aliphatic heterocycles. The molecule has 1 fully saturated rings. The average molecular weight is 551 g/mol. The van der Waals surface area contributed by atoms with Gasteiger partial charge in [0, 0.05) is 50.3 Å². The summed E-state index contributed by atoms with van der Waals surface area (Å²) in [5.74, 6) is 0.848. The van der Waals surface area contributed by atoms with Gasteiger partial charge in [-0.25, -0.2) is 0 Å². The van der Waals surface area contributed by atoms with Crippen LogP contribution < -0.4 is 5.32 Å². The number of rotatable bonds is 8. The third kappa shape index (κ3) is 6.99. The minimum absolute atomic E-state index is 0. The number of ether oxygens (including phenoxy) is 1. The smallest absolute Gasteiger partial charge is 0.242 e. The summed E-state index contributed by atoms with van der Waals surface area (Å²) in [6.07, 6.45) is 1.75. The molecule has 170 valence electrons. The van der Waals surface area contributed by atoms with Crippen molar-refractivity contribution in [1.29, 1.82) is 0 Å². The molecule has 0 spiro atoms. The van der Waals surface area contributed by atoms with Crippen LogP contribution in [0.3, 0.4) is 0 Å². The molecule has 1 amide bonds. The summed E-state index contributed by atoms with van der Waals surface area (Å²) in [5, 5.41) is 4.10. The molecule has 1 aliphatic rings. The molecule has 0 atom stereocenters. The van der Waals surface area contributed by atoms with E-state index >= 15 is 0 Å². The molecule has 1 N–H and O–H groups in total. The van der Waals surface area contributed by atoms with Crippen molar-refractivity contribution >= 4 is 47.4 Å². The highest BCUT2D eigenvalue weighted by atomic mass is 127. The van der Waals surface area contributed by atoms with Gasteiger partial charge in [-0.3, -0.25) is 9.79 Å². The van der Waals surface area contributed by atoms with E-state index in [-0.39, 0.29) is 35.3 Å². The highest BCUT2D eigenvalue weighted by molar-refractivity contribution is 14.0. The zero-order valence-electron chi connectivity index (χ0n) is 18.6. The number of likely N-dealkylation sites (N-methyl/N-ethyl adjacent to an activating group) is 2. The van der Waals surface area contributed by atoms with E-state index in [0.29, 0.717) is 39.4 Å². The lowest BCUT2D eigenvalue weighted by atomic mass is 9.74. The van der Waals surface area contributed by atoms with E-state index in [0.717, 1.165) is 35.9 Å². The van der Waals surface area contributed by atoms with Crippen molar-refractivity contribution in [3.63, 3.8) is 0 Å². The quantitative estimate of drug-likeness (QED) is 0.304. The predicted octanol–water partition coefficient (Wildman–Crippen LogP) is 3.77. The number of amides is 1. The Labute approximate surface area is 203 Å². The summed E-state index contributed by atoms with van der Waals surface area (Å²) in [6, 6.07) is 8.03. The molecule has 30 heavy (non-hydrogen) atoms. The minimum Gasteiger partial charge on any atom is -0.381 e. The SMILES string of the molecule is CCNC(=NCC1(c2ccccc2Cl)CCOCC1)N(C)CC(=O)N(CC)CC.I. The van der Waals surface area contributed by atoms with Crippen LogP contribution in [0.25, 0.3) is 0 Å². The fourth-order valence-electron chi connectivity index (χ4n) is 3.82. The third-order valence-corrected chi connectivity index (χ3v) is 5.94. The summed E-state index contributed by atoms with van der Waals surface area (Å²) < 4.78 is 5.62. The predicted molar refractivity (Wildman–Crippen MR) is 135 cm³/mol. The van der Waals surface area contributed by atoms with Crippen molar-refractivity contribution in [2.75, 3.05) is 53.0 Å². The molecule has 0 bridgehead atoms. The fraction of sp³-hybridized carbons (Fsp3) is 0.636. The second kappa shape index (κ2) is 13.4. The first kappa shape index (κ1) is 27.0. The van der Waals surface area contributed by atoms with Gasteiger partial charge in [-0.05, 0) is 45.2 Å². The third-order valence-electron chi connectivity index (χ3n) is 5.61. The second-order valence-corrected chi connectivity index (χ2v) is 7.87. The number of halogens is 2. The number of hydrogen-bond acceptors (Lipinski definition) is 3. The number of carbonyl (C=O) groups is 1. The molecule has 8 heteroatoms. The van der Waals surface area contributed by atoms with Crippen molar-refractivity contribution in [1.82, 2.24) is 15.1 Å². The number of carbonyl (C=O) groups excluding carboxylic acids is 1. The Morgan fingerprint density at radius 2 is 1.83 bits per heavy atom. The minimum atomic E-state index is -0.152. The van der Waals surface area contributed by atoms with E-state index in [4.69, 9.17) is 21.3 Å². The van der Waals surface area contributed by atoms with Crippen LogP contribution in [-0.2, 0) is 14.9 Å². The maximum atomic E-state index is 12.5. The van der Waals surface area contributed by atoms with Crippen LogP contribution in [-0.4, -0.2) is 74.7 Å². The molecule has 0 unspecified atom stereocenters. The van der Waals surface area contributed by atoms with Crippen LogP contribution in [0.15, 0.2) is 29.3 Å². The molecule has 1 heterocycles. The summed E-state index contributed by atoms with van der Waals surface area (Å²) in [4.78, 5) is 21.2. The van der Waals surface area contributed by atoms with Crippen molar-refractivity contribution in [2.24, 2.45) is 4.99 Å². The first-order chi connectivity index (χ1) is 14.0. The van der Waals surface area contributed by atoms with Gasteiger partial charge >= 0.3 is 0 Å². The van der Waals surface area contributed by atoms with Crippen LogP contribution in [0.2, 0.25) is 5.02 Å². The lowest BCUT2D eigenvalue weighted by Crippen LogP contribution is -2.46. The van der Waals surface area contributed by atoms with Gasteiger partial charge in [0.15, 0.2) is 5.96 Å². The standard InChI is InChI=1S/C22H35ClN4O2.HI/c1-5-24-21(26(4)16-20(28)27(6-2)7-3)25-17-22(12-14-29-15-13-22)18-10-8-9-11-19(18)23;/h8-11H,5-7,12-17H2,1-4H3,(H,24,25);1H. The molecule has 6 nitrogen and oxygen atoms in total. The van der Waals surface area contributed by atoms with E-state index in [1.54, 1.807) is 0 Å². The molecule has 1 aromatic carbocycles. The van der Waals surface area contributed by atoms with Gasteiger partial charge in [0.25, 0.3) is 0 Å². The highest BCUT2D eigenvalue weighted by Gasteiger charge is 2.36. The summed E-state index contributed by atoms with van der Waals surface area (Å²) in [7, 11) is 1.91. The zero-order chi connectivity index (χ0) is 21.3. The molecule has 1 aromatic rings. The van der Waals surface area contributed by atoms with Crippen LogP contribution >= 0.6 is 35.6 Å². The molecule has 2 rings (SSSR count). The van der Waals surface area contributed by atoms with Crippen LogP contribution in [0, 0.1) is 0 Å². The van der Waals surface area contributed by atoms with Crippen molar-refractivity contribution in [3.05, 3.63) is 34.9 Å². The van der Waals surface area contributed by atoms with Crippen molar-refractivity contribution in [2.45, 2.75) is 39.0 Å². The summed E-state index contributed by atoms with van der Waals surface area (Å²) >= 11 is 6.56. The van der Waals surface area contributed by atoms with Crippen LogP contribution in [0.4, 0.5) is 0 Å². The fourth-order valence-corrected chi connectivity index (χ4v) is 4.15. The molecular formula is C22H36ClIN4O2. The second-order valence-electron chi connectivity index (χ2n) is 7.46. The van der Waals surface area contributed by atoms with Gasteiger partial charge in [0.1, 0.15) is 0 Å². The van der Waals surface area contributed by atoms with Crippen molar-refractivity contribution < 1.29 is 9.53 Å². The Balaban J connectivity index is 0.00000450. The Hall–Kier alpha value is -1.06. The summed E-state index contributed by atoms with van der Waals surface area (Å²) in [5.41, 5.74) is 0.979. The van der Waals surface area contributed by atoms with E-state index in [9.17, 15) is 4.79 Å². The maximum Gasteiger partial charge on any atom is 0.242 e. The highest BCUT2D eigenvalue weighted by Crippen LogP contribution is 2.38. The van der Waals surface area contributed by atoms with Gasteiger partial charge in [-0.1, -0.05) is 29.8 Å². The largest absolute Gasteiger partial charge is 0.381 e. The molecular weight excluding hydrogens is 515 g/mol. The number of hydrogen-bond donors (Lipinski definition) is 1. The number of nitrogens with zero attached hydrogens (tertiary/aromatic N) is 3. The average Bonchev–Trinajstić information content (AvgIpc) is 2.73. The topological polar surface area (TPSA) is 57.2 Å². The van der Waals surface area contributed by atoms with E-state index in [2.05, 4.69) is 11.4 Å². The zero-order valence-corrected chi connectivity index (χ0v) is 21.7. The lowest BCUT2D eigenvalue weighted by molar-refractivity contribution is -0.131. The Kier molecular flexibility index (Phi) is 12.0. The first-order valence-electron chi connectivity index (χ1n) is 10.6. The number of nitrogens with one attached hydrogen (secondary N) is 1. The first-order valence-corrected chi connectivity index (χ1v) is 10.9. The van der Waals surface area contributed by atoms with Gasteiger partial charge in [-0.15, -0.1) is 24.0 Å². The number of aliphatic imine (C=N–C) groups is 1. The van der Waals surface area contributed by atoms with Gasteiger partial charge in [-0.2, -0.15) is 0 Å².